The van der Waals surface area contributed by atoms with Gasteiger partial charge in [-0.15, -0.1) is 11.3 Å². The normalized spacial score (nSPS) is 18.0. The van der Waals surface area contributed by atoms with Crippen molar-refractivity contribution in [2.24, 2.45) is 0 Å². The van der Waals surface area contributed by atoms with Crippen molar-refractivity contribution in [1.29, 1.82) is 0 Å². The fraction of sp³-hybridized carbons (Fsp3) is 0.294. The SMILES string of the molecule is O=S(=O)(/C=C/c1ccccc1)N1CCC(c2cccs2)CC1. The van der Waals surface area contributed by atoms with Crippen molar-refractivity contribution >= 4 is 27.4 Å². The van der Waals surface area contributed by atoms with Gasteiger partial charge in [0.15, 0.2) is 0 Å². The van der Waals surface area contributed by atoms with Crippen molar-refractivity contribution < 1.29 is 8.42 Å². The third-order valence-electron chi connectivity index (χ3n) is 3.99. The maximum absolute atomic E-state index is 12.4. The molecule has 1 aromatic carbocycles. The van der Waals surface area contributed by atoms with E-state index in [-0.39, 0.29) is 0 Å². The number of benzene rings is 1. The quantitative estimate of drug-likeness (QED) is 0.850. The van der Waals surface area contributed by atoms with Gasteiger partial charge in [-0.05, 0) is 41.8 Å². The zero-order valence-electron chi connectivity index (χ0n) is 12.3. The standard InChI is InChI=1S/C17H19NO2S2/c19-22(20,14-10-15-5-2-1-3-6-15)18-11-8-16(9-12-18)17-7-4-13-21-17/h1-7,10,13-14,16H,8-9,11-12H2/b14-10+. The Bertz CT molecular complexity index is 713. The second kappa shape index (κ2) is 6.77. The van der Waals surface area contributed by atoms with E-state index in [1.54, 1.807) is 21.7 Å². The van der Waals surface area contributed by atoms with Gasteiger partial charge in [0, 0.05) is 23.4 Å². The van der Waals surface area contributed by atoms with Gasteiger partial charge in [-0.3, -0.25) is 0 Å². The van der Waals surface area contributed by atoms with Crippen LogP contribution in [0.3, 0.4) is 0 Å². The van der Waals surface area contributed by atoms with Crippen molar-refractivity contribution in [3.05, 3.63) is 63.7 Å². The first-order valence-electron chi connectivity index (χ1n) is 7.42. The molecule has 0 aliphatic carbocycles. The number of thiophene rings is 1. The lowest BCUT2D eigenvalue weighted by molar-refractivity contribution is 0.325. The third-order valence-corrected chi connectivity index (χ3v) is 6.59. The Hall–Kier alpha value is -1.43. The first-order chi connectivity index (χ1) is 10.6. The number of sulfonamides is 1. The Kier molecular flexibility index (Phi) is 4.76. The van der Waals surface area contributed by atoms with Crippen molar-refractivity contribution in [3.63, 3.8) is 0 Å². The molecule has 0 amide bonds. The van der Waals surface area contributed by atoms with Crippen LogP contribution in [0.2, 0.25) is 0 Å². The van der Waals surface area contributed by atoms with Gasteiger partial charge in [-0.2, -0.15) is 4.31 Å². The summed E-state index contributed by atoms with van der Waals surface area (Å²) in [5.41, 5.74) is 0.902. The maximum atomic E-state index is 12.4. The molecular formula is C17H19NO2S2. The number of hydrogen-bond donors (Lipinski definition) is 0. The number of rotatable bonds is 4. The Labute approximate surface area is 136 Å². The Balaban J connectivity index is 1.63. The average Bonchev–Trinajstić information content (AvgIpc) is 3.09. The lowest BCUT2D eigenvalue weighted by atomic mass is 9.97. The zero-order chi connectivity index (χ0) is 15.4. The zero-order valence-corrected chi connectivity index (χ0v) is 13.9. The van der Waals surface area contributed by atoms with Gasteiger partial charge in [0.05, 0.1) is 0 Å². The van der Waals surface area contributed by atoms with Crippen LogP contribution in [0.5, 0.6) is 0 Å². The average molecular weight is 333 g/mol. The summed E-state index contributed by atoms with van der Waals surface area (Å²) >= 11 is 1.76. The fourth-order valence-electron chi connectivity index (χ4n) is 2.73. The molecule has 0 unspecified atom stereocenters. The molecule has 3 nitrogen and oxygen atoms in total. The minimum absolute atomic E-state index is 0.504. The van der Waals surface area contributed by atoms with E-state index in [0.29, 0.717) is 19.0 Å². The van der Waals surface area contributed by atoms with Crippen molar-refractivity contribution in [3.8, 4) is 0 Å². The molecule has 0 bridgehead atoms. The Morgan fingerprint density at radius 2 is 1.77 bits per heavy atom. The highest BCUT2D eigenvalue weighted by molar-refractivity contribution is 7.92. The van der Waals surface area contributed by atoms with E-state index in [1.165, 1.54) is 10.3 Å². The van der Waals surface area contributed by atoms with Gasteiger partial charge in [0.25, 0.3) is 0 Å². The molecule has 2 heterocycles. The van der Waals surface area contributed by atoms with Gasteiger partial charge in [-0.1, -0.05) is 36.4 Å². The molecule has 5 heteroatoms. The number of nitrogens with zero attached hydrogens (tertiary/aromatic N) is 1. The smallest absolute Gasteiger partial charge is 0.208 e. The van der Waals surface area contributed by atoms with Gasteiger partial charge in [-0.25, -0.2) is 8.42 Å². The van der Waals surface area contributed by atoms with Gasteiger partial charge in [0.2, 0.25) is 10.0 Å². The summed E-state index contributed by atoms with van der Waals surface area (Å²) in [7, 11) is -3.32. The summed E-state index contributed by atoms with van der Waals surface area (Å²) in [5.74, 6) is 0.504. The minimum Gasteiger partial charge on any atom is -0.208 e. The summed E-state index contributed by atoms with van der Waals surface area (Å²) in [6.45, 7) is 1.20. The molecule has 0 N–H and O–H groups in total. The van der Waals surface area contributed by atoms with Crippen molar-refractivity contribution in [1.82, 2.24) is 4.31 Å². The first kappa shape index (κ1) is 15.5. The van der Waals surface area contributed by atoms with E-state index in [0.717, 1.165) is 18.4 Å². The van der Waals surface area contributed by atoms with Crippen LogP contribution in [0.1, 0.15) is 29.2 Å². The van der Waals surface area contributed by atoms with E-state index >= 15 is 0 Å². The molecule has 0 atom stereocenters. The van der Waals surface area contributed by atoms with Gasteiger partial charge < -0.3 is 0 Å². The van der Waals surface area contributed by atoms with Gasteiger partial charge in [0.1, 0.15) is 0 Å². The second-order valence-corrected chi connectivity index (χ2v) is 8.24. The molecule has 3 rings (SSSR count). The highest BCUT2D eigenvalue weighted by atomic mass is 32.2. The van der Waals surface area contributed by atoms with E-state index in [9.17, 15) is 8.42 Å². The van der Waals surface area contributed by atoms with Crippen LogP contribution in [0.15, 0.2) is 53.3 Å². The molecule has 0 radical (unpaired) electrons. The highest BCUT2D eigenvalue weighted by Gasteiger charge is 2.27. The lowest BCUT2D eigenvalue weighted by Gasteiger charge is -2.29. The summed E-state index contributed by atoms with van der Waals surface area (Å²) in [5, 5.41) is 3.41. The number of piperidine rings is 1. The summed E-state index contributed by atoms with van der Waals surface area (Å²) in [6.07, 6.45) is 3.47. The monoisotopic (exact) mass is 333 g/mol. The van der Waals surface area contributed by atoms with Crippen LogP contribution >= 0.6 is 11.3 Å². The van der Waals surface area contributed by atoms with Crippen LogP contribution < -0.4 is 0 Å². The molecule has 1 fully saturated rings. The Morgan fingerprint density at radius 1 is 1.05 bits per heavy atom. The van der Waals surface area contributed by atoms with Gasteiger partial charge >= 0.3 is 0 Å². The van der Waals surface area contributed by atoms with Crippen LogP contribution in [0, 0.1) is 0 Å². The Morgan fingerprint density at radius 3 is 2.41 bits per heavy atom. The third kappa shape index (κ3) is 3.66. The van der Waals surface area contributed by atoms with E-state index in [2.05, 4.69) is 17.5 Å². The molecule has 1 aliphatic rings. The molecular weight excluding hydrogens is 314 g/mol. The summed E-state index contributed by atoms with van der Waals surface area (Å²) < 4.78 is 26.4. The second-order valence-electron chi connectivity index (χ2n) is 5.45. The molecule has 2 aromatic rings. The number of hydrogen-bond acceptors (Lipinski definition) is 3. The molecule has 1 saturated heterocycles. The molecule has 1 aromatic heterocycles. The van der Waals surface area contributed by atoms with Crippen LogP contribution in [0.25, 0.3) is 6.08 Å². The predicted octanol–water partition coefficient (Wildman–Crippen LogP) is 3.93. The fourth-order valence-corrected chi connectivity index (χ4v) is 4.85. The van der Waals surface area contributed by atoms with Crippen LogP contribution in [-0.4, -0.2) is 25.8 Å². The van der Waals surface area contributed by atoms with E-state index < -0.39 is 10.0 Å². The topological polar surface area (TPSA) is 37.4 Å². The maximum Gasteiger partial charge on any atom is 0.236 e. The van der Waals surface area contributed by atoms with E-state index in [1.807, 2.05) is 30.3 Å². The predicted molar refractivity (Wildman–Crippen MR) is 92.3 cm³/mol. The lowest BCUT2D eigenvalue weighted by Crippen LogP contribution is -2.36. The largest absolute Gasteiger partial charge is 0.236 e. The first-order valence-corrected chi connectivity index (χ1v) is 9.80. The van der Waals surface area contributed by atoms with Crippen molar-refractivity contribution in [2.45, 2.75) is 18.8 Å². The minimum atomic E-state index is -3.32. The van der Waals surface area contributed by atoms with Crippen LogP contribution in [-0.2, 0) is 10.0 Å². The van der Waals surface area contributed by atoms with E-state index in [4.69, 9.17) is 0 Å². The molecule has 116 valence electrons. The highest BCUT2D eigenvalue weighted by Crippen LogP contribution is 2.32. The van der Waals surface area contributed by atoms with Crippen molar-refractivity contribution in [2.75, 3.05) is 13.1 Å². The summed E-state index contributed by atoms with van der Waals surface area (Å²) in [6, 6.07) is 13.7. The molecule has 0 saturated carbocycles. The molecule has 22 heavy (non-hydrogen) atoms. The van der Waals surface area contributed by atoms with Crippen LogP contribution in [0.4, 0.5) is 0 Å². The molecule has 0 spiro atoms. The summed E-state index contributed by atoms with van der Waals surface area (Å²) in [4.78, 5) is 1.37. The molecule has 1 aliphatic heterocycles.